The zero-order valence-electron chi connectivity index (χ0n) is 30.2. The van der Waals surface area contributed by atoms with Gasteiger partial charge >= 0.3 is 0 Å². The maximum Gasteiger partial charge on any atom is 0.161 e. The molecule has 2 aliphatic rings. The van der Waals surface area contributed by atoms with E-state index >= 15 is 0 Å². The van der Waals surface area contributed by atoms with Gasteiger partial charge in [-0.15, -0.1) is 0 Å². The third-order valence-corrected chi connectivity index (χ3v) is 10.9. The molecule has 4 aromatic heterocycles. The Bertz CT molecular complexity index is 3000. The minimum atomic E-state index is -0.253. The molecule has 268 valence electrons. The molecule has 2 unspecified atom stereocenters. The molecule has 6 heterocycles. The molecule has 0 spiro atoms. The summed E-state index contributed by atoms with van der Waals surface area (Å²) >= 11 is 0. The molecule has 0 bridgehead atoms. The number of fused-ring (bicyclic) bond motifs is 6. The van der Waals surface area contributed by atoms with Crippen LogP contribution in [0, 0.1) is 0 Å². The molecular formula is C49H35N5O2. The highest BCUT2D eigenvalue weighted by molar-refractivity contribution is 6.08. The van der Waals surface area contributed by atoms with Crippen LogP contribution in [0.5, 0.6) is 0 Å². The van der Waals surface area contributed by atoms with Crippen molar-refractivity contribution in [1.82, 2.24) is 20.6 Å². The number of benzene rings is 5. The molecule has 56 heavy (non-hydrogen) atoms. The summed E-state index contributed by atoms with van der Waals surface area (Å²) in [6.45, 7) is 0.681. The summed E-state index contributed by atoms with van der Waals surface area (Å²) in [6, 6.07) is 50.4. The lowest BCUT2D eigenvalue weighted by Crippen LogP contribution is -2.40. The van der Waals surface area contributed by atoms with Gasteiger partial charge < -0.3 is 19.5 Å². The van der Waals surface area contributed by atoms with Crippen LogP contribution in [-0.2, 0) is 0 Å². The Morgan fingerprint density at radius 2 is 1.36 bits per heavy atom. The smallest absolute Gasteiger partial charge is 0.161 e. The zero-order chi connectivity index (χ0) is 37.0. The van der Waals surface area contributed by atoms with E-state index in [1.807, 2.05) is 54.9 Å². The van der Waals surface area contributed by atoms with E-state index in [2.05, 4.69) is 131 Å². The predicted molar refractivity (Wildman–Crippen MR) is 225 cm³/mol. The lowest BCUT2D eigenvalue weighted by molar-refractivity contribution is 0.434. The van der Waals surface area contributed by atoms with E-state index in [9.17, 15) is 0 Å². The number of nitrogens with zero attached hydrogens (tertiary/aromatic N) is 2. The van der Waals surface area contributed by atoms with Crippen LogP contribution in [0.25, 0.3) is 66.6 Å². The van der Waals surface area contributed by atoms with Gasteiger partial charge in [-0.2, -0.15) is 0 Å². The summed E-state index contributed by atoms with van der Waals surface area (Å²) in [5.74, 6) is 0.832. The van der Waals surface area contributed by atoms with Gasteiger partial charge in [0.05, 0.1) is 17.4 Å². The fraction of sp³-hybridized carbons (Fsp3) is 0.0612. The molecule has 7 nitrogen and oxygen atoms in total. The first-order chi connectivity index (χ1) is 27.7. The van der Waals surface area contributed by atoms with Crippen LogP contribution in [0.2, 0.25) is 0 Å². The van der Waals surface area contributed by atoms with Gasteiger partial charge in [-0.3, -0.25) is 15.3 Å². The van der Waals surface area contributed by atoms with Gasteiger partial charge in [-0.1, -0.05) is 84.9 Å². The second kappa shape index (κ2) is 13.3. The van der Waals surface area contributed by atoms with Crippen molar-refractivity contribution in [2.24, 2.45) is 0 Å². The van der Waals surface area contributed by atoms with Crippen LogP contribution in [0.4, 0.5) is 5.69 Å². The quantitative estimate of drug-likeness (QED) is 0.157. The number of furan rings is 2. The van der Waals surface area contributed by atoms with Crippen molar-refractivity contribution in [2.45, 2.75) is 12.2 Å². The first-order valence-electron chi connectivity index (χ1n) is 18.9. The predicted octanol–water partition coefficient (Wildman–Crippen LogP) is 11.3. The number of rotatable bonds is 6. The molecule has 7 heteroatoms. The summed E-state index contributed by atoms with van der Waals surface area (Å²) < 4.78 is 13.1. The minimum Gasteiger partial charge on any atom is -0.454 e. The molecule has 9 aromatic rings. The Morgan fingerprint density at radius 3 is 2.23 bits per heavy atom. The van der Waals surface area contributed by atoms with Crippen molar-refractivity contribution in [3.63, 3.8) is 0 Å². The monoisotopic (exact) mass is 725 g/mol. The van der Waals surface area contributed by atoms with E-state index in [1.54, 1.807) is 0 Å². The molecule has 0 aliphatic carbocycles. The number of anilines is 1. The third-order valence-electron chi connectivity index (χ3n) is 10.9. The van der Waals surface area contributed by atoms with Crippen molar-refractivity contribution >= 4 is 50.0 Å². The molecule has 2 atom stereocenters. The highest BCUT2D eigenvalue weighted by Gasteiger charge is 2.28. The average molecular weight is 726 g/mol. The van der Waals surface area contributed by atoms with E-state index in [0.717, 1.165) is 89.3 Å². The Balaban J connectivity index is 1.11. The van der Waals surface area contributed by atoms with Crippen molar-refractivity contribution in [3.8, 4) is 22.3 Å². The lowest BCUT2D eigenvalue weighted by atomic mass is 9.90. The number of aromatic nitrogens is 2. The molecule has 5 aromatic carbocycles. The van der Waals surface area contributed by atoms with Gasteiger partial charge in [0.1, 0.15) is 22.8 Å². The third kappa shape index (κ3) is 5.56. The summed E-state index contributed by atoms with van der Waals surface area (Å²) in [5, 5.41) is 13.3. The van der Waals surface area contributed by atoms with Gasteiger partial charge in [0.2, 0.25) is 0 Å². The van der Waals surface area contributed by atoms with Gasteiger partial charge in [0.25, 0.3) is 0 Å². The molecule has 0 amide bonds. The first-order valence-corrected chi connectivity index (χ1v) is 18.9. The lowest BCUT2D eigenvalue weighted by Gasteiger charge is -2.33. The molecule has 11 rings (SSSR count). The molecule has 2 aliphatic heterocycles. The number of hydrogen-bond donors (Lipinski definition) is 3. The zero-order valence-corrected chi connectivity index (χ0v) is 30.2. The maximum atomic E-state index is 6.59. The number of para-hydroxylation sites is 2. The summed E-state index contributed by atoms with van der Waals surface area (Å²) in [6.07, 6.45) is 7.98. The minimum absolute atomic E-state index is 0.114. The molecule has 3 N–H and O–H groups in total. The van der Waals surface area contributed by atoms with Crippen molar-refractivity contribution in [1.29, 1.82) is 0 Å². The van der Waals surface area contributed by atoms with Gasteiger partial charge in [-0.05, 0) is 106 Å². The normalized spacial score (nSPS) is 16.6. The standard InChI is InChI=1S/C49H35N5O2/c1-2-11-30(12-3-1)31-13-10-14-32(25-31)41-29-42(54-49(53-41)40-17-8-9-22-50-40)35-27-33(36-20-23-51-45-38-15-4-6-18-43(38)55-47(36)45)26-34(28-35)37-21-24-52-46-39-16-5-7-19-44(39)56-48(37)46/h1-23,25-29,41,49,52-54H,24H2. The Hall–Kier alpha value is -7.22. The van der Waals surface area contributed by atoms with Crippen LogP contribution in [-0.4, -0.2) is 16.5 Å². The SMILES string of the molecule is C1=C(c2cc(C3=CCNc4c3oc3ccccc43)cc(-c3ccnc4c3oc3ccccc34)c2)NC(c2ccccn2)NC1c1cccc(-c2ccccc2)c1. The fourth-order valence-electron chi connectivity index (χ4n) is 8.19. The number of nitrogens with one attached hydrogen (secondary N) is 3. The van der Waals surface area contributed by atoms with E-state index in [0.29, 0.717) is 6.54 Å². The first kappa shape index (κ1) is 32.2. The van der Waals surface area contributed by atoms with Crippen molar-refractivity contribution in [2.75, 3.05) is 11.9 Å². The highest BCUT2D eigenvalue weighted by Crippen LogP contribution is 2.43. The van der Waals surface area contributed by atoms with Crippen LogP contribution >= 0.6 is 0 Å². The maximum absolute atomic E-state index is 6.59. The summed E-state index contributed by atoms with van der Waals surface area (Å²) in [4.78, 5) is 9.56. The van der Waals surface area contributed by atoms with Crippen molar-refractivity contribution < 1.29 is 8.83 Å². The average Bonchev–Trinajstić information content (AvgIpc) is 3.86. The van der Waals surface area contributed by atoms with E-state index < -0.39 is 0 Å². The van der Waals surface area contributed by atoms with Crippen LogP contribution in [0.15, 0.2) is 179 Å². The van der Waals surface area contributed by atoms with E-state index in [1.165, 1.54) is 11.1 Å². The van der Waals surface area contributed by atoms with Crippen molar-refractivity contribution in [3.05, 3.63) is 198 Å². The Labute approximate surface area is 323 Å². The summed E-state index contributed by atoms with van der Waals surface area (Å²) in [7, 11) is 0. The Kier molecular flexibility index (Phi) is 7.64. The van der Waals surface area contributed by atoms with Gasteiger partial charge in [0, 0.05) is 46.5 Å². The van der Waals surface area contributed by atoms with Crippen LogP contribution in [0.3, 0.4) is 0 Å². The molecule has 0 saturated carbocycles. The largest absolute Gasteiger partial charge is 0.454 e. The Morgan fingerprint density at radius 1 is 0.589 bits per heavy atom. The molecule has 0 fully saturated rings. The highest BCUT2D eigenvalue weighted by atomic mass is 16.3. The van der Waals surface area contributed by atoms with Gasteiger partial charge in [-0.25, -0.2) is 0 Å². The van der Waals surface area contributed by atoms with E-state index in [4.69, 9.17) is 18.8 Å². The van der Waals surface area contributed by atoms with Gasteiger partial charge in [0.15, 0.2) is 11.3 Å². The molecular weight excluding hydrogens is 691 g/mol. The topological polar surface area (TPSA) is 88.2 Å². The number of pyridine rings is 2. The van der Waals surface area contributed by atoms with E-state index in [-0.39, 0.29) is 12.2 Å². The second-order valence-electron chi connectivity index (χ2n) is 14.3. The summed E-state index contributed by atoms with van der Waals surface area (Å²) in [5.41, 5.74) is 14.8. The van der Waals surface area contributed by atoms with Crippen LogP contribution < -0.4 is 16.0 Å². The fourth-order valence-corrected chi connectivity index (χ4v) is 8.19. The number of hydrogen-bond acceptors (Lipinski definition) is 7. The molecule has 0 saturated heterocycles. The second-order valence-corrected chi connectivity index (χ2v) is 14.3. The van der Waals surface area contributed by atoms with Crippen LogP contribution in [0.1, 0.15) is 40.4 Å². The molecule has 0 radical (unpaired) electrons.